The molecule has 1 aromatic heterocycles. The molecule has 4 rings (SSSR count). The molecule has 0 saturated carbocycles. The first-order valence-corrected chi connectivity index (χ1v) is 9.42. The number of benzene rings is 1. The number of aromatic nitrogens is 2. The number of imide groups is 1. The number of hydrogen-bond donors (Lipinski definition) is 1. The van der Waals surface area contributed by atoms with Crippen molar-refractivity contribution in [2.45, 2.75) is 25.8 Å². The fourth-order valence-corrected chi connectivity index (χ4v) is 3.89. The van der Waals surface area contributed by atoms with Crippen molar-refractivity contribution < 1.29 is 14.4 Å². The molecule has 1 fully saturated rings. The second kappa shape index (κ2) is 7.42. The Morgan fingerprint density at radius 3 is 2.36 bits per heavy atom. The van der Waals surface area contributed by atoms with Gasteiger partial charge in [0.25, 0.3) is 0 Å². The lowest BCUT2D eigenvalue weighted by molar-refractivity contribution is -0.143. The minimum absolute atomic E-state index is 0.220. The largest absolute Gasteiger partial charge is 0.348 e. The van der Waals surface area contributed by atoms with E-state index < -0.39 is 0 Å². The van der Waals surface area contributed by atoms with Gasteiger partial charge in [0.15, 0.2) is 0 Å². The Bertz CT molecular complexity index is 892. The Balaban J connectivity index is 1.37. The van der Waals surface area contributed by atoms with E-state index in [1.54, 1.807) is 12.5 Å². The van der Waals surface area contributed by atoms with Crippen LogP contribution in [0.15, 0.2) is 55.1 Å². The van der Waals surface area contributed by atoms with E-state index in [-0.39, 0.29) is 42.1 Å². The van der Waals surface area contributed by atoms with Gasteiger partial charge in [-0.3, -0.25) is 19.3 Å². The Hall–Kier alpha value is -3.22. The summed E-state index contributed by atoms with van der Waals surface area (Å²) in [5.74, 6) is -1.41. The van der Waals surface area contributed by atoms with Gasteiger partial charge in [-0.25, -0.2) is 4.98 Å². The summed E-state index contributed by atoms with van der Waals surface area (Å²) in [6.45, 7) is 1.66. The molecular weight excluding hydrogens is 356 g/mol. The van der Waals surface area contributed by atoms with E-state index in [2.05, 4.69) is 10.3 Å². The van der Waals surface area contributed by atoms with Crippen molar-refractivity contribution in [3.05, 3.63) is 60.7 Å². The lowest BCUT2D eigenvalue weighted by Crippen LogP contribution is -2.41. The van der Waals surface area contributed by atoms with Crippen molar-refractivity contribution in [2.24, 2.45) is 11.8 Å². The molecule has 1 aliphatic heterocycles. The van der Waals surface area contributed by atoms with Crippen molar-refractivity contribution in [3.8, 4) is 5.69 Å². The summed E-state index contributed by atoms with van der Waals surface area (Å²) in [4.78, 5) is 42.5. The Kier molecular flexibility index (Phi) is 4.81. The van der Waals surface area contributed by atoms with Gasteiger partial charge in [0.05, 0.1) is 24.2 Å². The quantitative estimate of drug-likeness (QED) is 0.637. The van der Waals surface area contributed by atoms with Crippen LogP contribution in [0.5, 0.6) is 0 Å². The van der Waals surface area contributed by atoms with Crippen molar-refractivity contribution in [1.82, 2.24) is 19.8 Å². The highest BCUT2D eigenvalue weighted by atomic mass is 16.2. The topological polar surface area (TPSA) is 84.3 Å². The van der Waals surface area contributed by atoms with Crippen molar-refractivity contribution in [2.75, 3.05) is 6.54 Å². The van der Waals surface area contributed by atoms with E-state index in [4.69, 9.17) is 0 Å². The predicted molar refractivity (Wildman–Crippen MR) is 102 cm³/mol. The van der Waals surface area contributed by atoms with E-state index in [9.17, 15) is 14.4 Å². The van der Waals surface area contributed by atoms with Gasteiger partial charge in [-0.05, 0) is 37.5 Å². The number of rotatable bonds is 5. The van der Waals surface area contributed by atoms with Crippen LogP contribution in [0.1, 0.15) is 31.4 Å². The molecule has 3 atom stereocenters. The molecule has 2 aliphatic rings. The zero-order valence-electron chi connectivity index (χ0n) is 15.6. The number of hydrogen-bond acceptors (Lipinski definition) is 4. The van der Waals surface area contributed by atoms with E-state index in [1.165, 1.54) is 0 Å². The van der Waals surface area contributed by atoms with E-state index in [0.717, 1.165) is 16.2 Å². The summed E-state index contributed by atoms with van der Waals surface area (Å²) in [7, 11) is 0. The molecular formula is C21H22N4O3. The first kappa shape index (κ1) is 18.2. The number of carbonyl (C=O) groups is 3. The number of nitrogens with zero attached hydrogens (tertiary/aromatic N) is 3. The Morgan fingerprint density at radius 1 is 1.14 bits per heavy atom. The van der Waals surface area contributed by atoms with Crippen LogP contribution >= 0.6 is 0 Å². The first-order valence-electron chi connectivity index (χ1n) is 9.42. The molecule has 1 N–H and O–H groups in total. The van der Waals surface area contributed by atoms with Gasteiger partial charge in [0, 0.05) is 18.1 Å². The minimum Gasteiger partial charge on any atom is -0.348 e. The van der Waals surface area contributed by atoms with Crippen LogP contribution in [0, 0.1) is 11.8 Å². The summed E-state index contributed by atoms with van der Waals surface area (Å²) < 4.78 is 1.89. The number of fused-ring (bicyclic) bond motifs is 1. The van der Waals surface area contributed by atoms with Crippen LogP contribution in [0.4, 0.5) is 0 Å². The number of imidazole rings is 1. The molecule has 144 valence electrons. The summed E-state index contributed by atoms with van der Waals surface area (Å²) in [6.07, 6.45) is 10.3. The van der Waals surface area contributed by atoms with Gasteiger partial charge >= 0.3 is 0 Å². The maximum atomic E-state index is 12.5. The van der Waals surface area contributed by atoms with Crippen molar-refractivity contribution in [1.29, 1.82) is 0 Å². The second-order valence-corrected chi connectivity index (χ2v) is 7.27. The summed E-state index contributed by atoms with van der Waals surface area (Å²) >= 11 is 0. The highest BCUT2D eigenvalue weighted by Gasteiger charge is 2.47. The molecule has 0 bridgehead atoms. The molecule has 3 amide bonds. The maximum absolute atomic E-state index is 12.5. The lowest BCUT2D eigenvalue weighted by Gasteiger charge is -2.18. The van der Waals surface area contributed by atoms with Gasteiger partial charge in [0.2, 0.25) is 17.7 Å². The van der Waals surface area contributed by atoms with Crippen LogP contribution in [-0.4, -0.2) is 38.7 Å². The SMILES string of the molecule is CC(NC(=O)CN1C(=O)C2CC=CCC2C1=O)c1ccc(-n2ccnc2)cc1. The van der Waals surface area contributed by atoms with E-state index in [0.29, 0.717) is 12.8 Å². The summed E-state index contributed by atoms with van der Waals surface area (Å²) in [6, 6.07) is 7.54. The number of nitrogens with one attached hydrogen (secondary N) is 1. The molecule has 7 nitrogen and oxygen atoms in total. The molecule has 28 heavy (non-hydrogen) atoms. The Labute approximate surface area is 163 Å². The molecule has 2 heterocycles. The van der Waals surface area contributed by atoms with Gasteiger partial charge in [-0.2, -0.15) is 0 Å². The van der Waals surface area contributed by atoms with E-state index >= 15 is 0 Å². The molecule has 1 aromatic carbocycles. The van der Waals surface area contributed by atoms with Crippen LogP contribution in [0.3, 0.4) is 0 Å². The molecule has 1 aliphatic carbocycles. The van der Waals surface area contributed by atoms with Gasteiger partial charge in [0.1, 0.15) is 6.54 Å². The summed E-state index contributed by atoms with van der Waals surface area (Å²) in [5.41, 5.74) is 1.92. The molecule has 1 saturated heterocycles. The van der Waals surface area contributed by atoms with Crippen LogP contribution in [-0.2, 0) is 14.4 Å². The Morgan fingerprint density at radius 2 is 1.79 bits per heavy atom. The van der Waals surface area contributed by atoms with Gasteiger partial charge in [-0.15, -0.1) is 0 Å². The predicted octanol–water partition coefficient (Wildman–Crippen LogP) is 2.00. The molecule has 2 aromatic rings. The van der Waals surface area contributed by atoms with E-state index in [1.807, 2.05) is 54.1 Å². The average Bonchev–Trinajstić information content (AvgIpc) is 3.32. The van der Waals surface area contributed by atoms with Crippen LogP contribution in [0.2, 0.25) is 0 Å². The number of carbonyl (C=O) groups excluding carboxylic acids is 3. The number of amides is 3. The first-order chi connectivity index (χ1) is 13.5. The highest BCUT2D eigenvalue weighted by molar-refractivity contribution is 6.07. The zero-order chi connectivity index (χ0) is 19.7. The fourth-order valence-electron chi connectivity index (χ4n) is 3.89. The number of allylic oxidation sites excluding steroid dienone is 2. The minimum atomic E-state index is -0.334. The molecule has 3 unspecified atom stereocenters. The van der Waals surface area contributed by atoms with Gasteiger partial charge in [-0.1, -0.05) is 24.3 Å². The number of likely N-dealkylation sites (tertiary alicyclic amines) is 1. The zero-order valence-corrected chi connectivity index (χ0v) is 15.6. The third kappa shape index (κ3) is 3.35. The fraction of sp³-hybridized carbons (Fsp3) is 0.333. The average molecular weight is 378 g/mol. The van der Waals surface area contributed by atoms with Crippen LogP contribution in [0.25, 0.3) is 5.69 Å². The summed E-state index contributed by atoms with van der Waals surface area (Å²) in [5, 5.41) is 2.88. The van der Waals surface area contributed by atoms with Crippen molar-refractivity contribution in [3.63, 3.8) is 0 Å². The van der Waals surface area contributed by atoms with Crippen LogP contribution < -0.4 is 5.32 Å². The van der Waals surface area contributed by atoms with Gasteiger partial charge < -0.3 is 9.88 Å². The standard InChI is InChI=1S/C21H22N4O3/c1-14(15-6-8-16(9-7-15)24-11-10-22-13-24)23-19(26)12-25-20(27)17-4-2-3-5-18(17)21(25)28/h2-3,6-11,13-14,17-18H,4-5,12H2,1H3,(H,23,26). The smallest absolute Gasteiger partial charge is 0.240 e. The molecule has 7 heteroatoms. The third-order valence-corrected chi connectivity index (χ3v) is 5.47. The normalized spacial score (nSPS) is 22.2. The van der Waals surface area contributed by atoms with Crippen molar-refractivity contribution >= 4 is 17.7 Å². The maximum Gasteiger partial charge on any atom is 0.240 e. The highest BCUT2D eigenvalue weighted by Crippen LogP contribution is 2.34. The molecule has 0 spiro atoms. The molecule has 0 radical (unpaired) electrons. The lowest BCUT2D eigenvalue weighted by atomic mass is 9.85. The second-order valence-electron chi connectivity index (χ2n) is 7.27. The third-order valence-electron chi connectivity index (χ3n) is 5.47. The monoisotopic (exact) mass is 378 g/mol.